The summed E-state index contributed by atoms with van der Waals surface area (Å²) in [5.74, 6) is -0.405. The first-order valence-corrected chi connectivity index (χ1v) is 9.02. The maximum absolute atomic E-state index is 12.5. The second kappa shape index (κ2) is 6.54. The van der Waals surface area contributed by atoms with E-state index in [1.807, 2.05) is 0 Å². The zero-order valence-electron chi connectivity index (χ0n) is 14.5. The van der Waals surface area contributed by atoms with Crippen LogP contribution in [0.25, 0.3) is 0 Å². The Morgan fingerprint density at radius 3 is 2.08 bits per heavy atom. The number of ketones is 1. The van der Waals surface area contributed by atoms with E-state index in [4.69, 9.17) is 4.74 Å². The number of hydrogen-bond donors (Lipinski definition) is 0. The van der Waals surface area contributed by atoms with Crippen molar-refractivity contribution in [2.75, 3.05) is 0 Å². The summed E-state index contributed by atoms with van der Waals surface area (Å²) in [5.41, 5.74) is 1.30. The minimum atomic E-state index is -0.266. The second-order valence-corrected chi connectivity index (χ2v) is 7.47. The van der Waals surface area contributed by atoms with Crippen LogP contribution in [-0.4, -0.2) is 17.4 Å². The maximum Gasteiger partial charge on any atom is 0.338 e. The van der Waals surface area contributed by atoms with Gasteiger partial charge in [-0.1, -0.05) is 32.1 Å². The molecule has 128 valence electrons. The van der Waals surface area contributed by atoms with Crippen molar-refractivity contribution in [3.8, 4) is 0 Å². The van der Waals surface area contributed by atoms with Crippen molar-refractivity contribution in [1.29, 1.82) is 0 Å². The van der Waals surface area contributed by atoms with Gasteiger partial charge >= 0.3 is 5.97 Å². The summed E-state index contributed by atoms with van der Waals surface area (Å²) in [6.45, 7) is 5.73. The smallest absolute Gasteiger partial charge is 0.338 e. The molecule has 2 bridgehead atoms. The highest BCUT2D eigenvalue weighted by molar-refractivity contribution is 6.04. The first-order chi connectivity index (χ1) is 11.5. The van der Waals surface area contributed by atoms with Gasteiger partial charge in [-0.05, 0) is 68.6 Å². The molecular weight excluding hydrogens is 300 g/mol. The summed E-state index contributed by atoms with van der Waals surface area (Å²) in [5, 5.41) is 0. The molecule has 0 atom stereocenters. The molecule has 3 fully saturated rings. The van der Waals surface area contributed by atoms with Crippen LogP contribution in [0, 0.1) is 5.41 Å². The van der Waals surface area contributed by atoms with E-state index in [0.717, 1.165) is 19.3 Å². The molecule has 0 saturated heterocycles. The van der Waals surface area contributed by atoms with Gasteiger partial charge in [-0.25, -0.2) is 4.79 Å². The molecule has 3 aliphatic carbocycles. The third kappa shape index (κ3) is 3.17. The Labute approximate surface area is 144 Å². The number of hydrogen-bond acceptors (Lipinski definition) is 3. The summed E-state index contributed by atoms with van der Waals surface area (Å²) >= 11 is 0. The Hall–Kier alpha value is -1.90. The lowest BCUT2D eigenvalue weighted by atomic mass is 9.57. The van der Waals surface area contributed by atoms with Crippen LogP contribution in [0.15, 0.2) is 36.9 Å². The molecule has 0 unspecified atom stereocenters. The Morgan fingerprint density at radius 1 is 1.04 bits per heavy atom. The fraction of sp³-hybridized carbons (Fsp3) is 0.524. The average molecular weight is 326 g/mol. The summed E-state index contributed by atoms with van der Waals surface area (Å²) < 4.78 is 5.96. The molecule has 3 saturated carbocycles. The van der Waals surface area contributed by atoms with Crippen molar-refractivity contribution in [2.24, 2.45) is 5.41 Å². The zero-order valence-corrected chi connectivity index (χ0v) is 14.5. The van der Waals surface area contributed by atoms with E-state index >= 15 is 0 Å². The van der Waals surface area contributed by atoms with E-state index in [1.54, 1.807) is 24.3 Å². The van der Waals surface area contributed by atoms with Crippen molar-refractivity contribution >= 4 is 11.8 Å². The number of rotatable bonds is 6. The minimum absolute atomic E-state index is 0.139. The summed E-state index contributed by atoms with van der Waals surface area (Å²) in [6.07, 6.45) is 10.3. The molecule has 0 heterocycles. The van der Waals surface area contributed by atoms with Crippen molar-refractivity contribution in [3.63, 3.8) is 0 Å². The highest BCUT2D eigenvalue weighted by atomic mass is 16.6. The van der Waals surface area contributed by atoms with Crippen LogP contribution in [0.2, 0.25) is 0 Å². The summed E-state index contributed by atoms with van der Waals surface area (Å²) in [7, 11) is 0. The van der Waals surface area contributed by atoms with Crippen LogP contribution in [0.3, 0.4) is 0 Å². The Bertz CT molecular complexity index is 617. The molecule has 1 aromatic rings. The van der Waals surface area contributed by atoms with Gasteiger partial charge in [0.2, 0.25) is 0 Å². The van der Waals surface area contributed by atoms with Crippen molar-refractivity contribution in [1.82, 2.24) is 0 Å². The van der Waals surface area contributed by atoms with Crippen molar-refractivity contribution in [3.05, 3.63) is 48.0 Å². The average Bonchev–Trinajstić information content (AvgIpc) is 2.63. The van der Waals surface area contributed by atoms with Gasteiger partial charge in [-0.2, -0.15) is 0 Å². The lowest BCUT2D eigenvalue weighted by Gasteiger charge is -2.52. The standard InChI is InChI=1S/C21H26O3/c1-3-9-20-10-13-21(14-11-20,15-12-20)24-19(23)17-7-5-16(6-8-17)18(22)4-2/h4-8H,2-3,9-15H2,1H3. The molecule has 0 spiro atoms. The van der Waals surface area contributed by atoms with E-state index in [-0.39, 0.29) is 17.4 Å². The van der Waals surface area contributed by atoms with Gasteiger partial charge in [-0.3, -0.25) is 4.79 Å². The molecule has 4 rings (SSSR count). The van der Waals surface area contributed by atoms with E-state index in [0.29, 0.717) is 16.5 Å². The van der Waals surface area contributed by atoms with Gasteiger partial charge in [-0.15, -0.1) is 0 Å². The Balaban J connectivity index is 1.65. The lowest BCUT2D eigenvalue weighted by molar-refractivity contribution is -0.106. The third-order valence-corrected chi connectivity index (χ3v) is 6.01. The van der Waals surface area contributed by atoms with E-state index < -0.39 is 0 Å². The molecule has 3 heteroatoms. The molecular formula is C21H26O3. The van der Waals surface area contributed by atoms with Crippen LogP contribution in [-0.2, 0) is 4.74 Å². The maximum atomic E-state index is 12.5. The minimum Gasteiger partial charge on any atom is -0.455 e. The van der Waals surface area contributed by atoms with Gasteiger partial charge in [0.15, 0.2) is 5.78 Å². The van der Waals surface area contributed by atoms with E-state index in [9.17, 15) is 9.59 Å². The first-order valence-electron chi connectivity index (χ1n) is 9.02. The second-order valence-electron chi connectivity index (χ2n) is 7.47. The van der Waals surface area contributed by atoms with Gasteiger partial charge in [0.1, 0.15) is 5.60 Å². The van der Waals surface area contributed by atoms with Gasteiger partial charge in [0, 0.05) is 5.56 Å². The number of fused-ring (bicyclic) bond motifs is 3. The van der Waals surface area contributed by atoms with Gasteiger partial charge in [0.25, 0.3) is 0 Å². The van der Waals surface area contributed by atoms with Crippen LogP contribution in [0.4, 0.5) is 0 Å². The molecule has 24 heavy (non-hydrogen) atoms. The molecule has 1 aromatic carbocycles. The number of benzene rings is 1. The fourth-order valence-electron chi connectivity index (χ4n) is 4.43. The largest absolute Gasteiger partial charge is 0.455 e. The molecule has 3 aliphatic rings. The van der Waals surface area contributed by atoms with E-state index in [1.165, 1.54) is 38.2 Å². The molecule has 0 aromatic heterocycles. The highest BCUT2D eigenvalue weighted by Crippen LogP contribution is 2.56. The molecule has 0 aliphatic heterocycles. The quantitative estimate of drug-likeness (QED) is 0.415. The Kier molecular flexibility index (Phi) is 4.62. The summed E-state index contributed by atoms with van der Waals surface area (Å²) in [6, 6.07) is 6.66. The van der Waals surface area contributed by atoms with Crippen LogP contribution >= 0.6 is 0 Å². The topological polar surface area (TPSA) is 43.4 Å². The molecule has 3 nitrogen and oxygen atoms in total. The number of carbonyl (C=O) groups excluding carboxylic acids is 2. The van der Waals surface area contributed by atoms with Crippen LogP contribution in [0.5, 0.6) is 0 Å². The number of carbonyl (C=O) groups is 2. The monoisotopic (exact) mass is 326 g/mol. The predicted octanol–water partition coefficient (Wildman–Crippen LogP) is 5.11. The predicted molar refractivity (Wildman–Crippen MR) is 94.2 cm³/mol. The number of allylic oxidation sites excluding steroid dienone is 1. The van der Waals surface area contributed by atoms with Crippen LogP contribution < -0.4 is 0 Å². The molecule has 0 amide bonds. The number of esters is 1. The van der Waals surface area contributed by atoms with Gasteiger partial charge in [0.05, 0.1) is 5.56 Å². The van der Waals surface area contributed by atoms with Crippen LogP contribution in [0.1, 0.15) is 79.0 Å². The Morgan fingerprint density at radius 2 is 1.58 bits per heavy atom. The first kappa shape index (κ1) is 16.9. The normalized spacial score (nSPS) is 28.4. The fourth-order valence-corrected chi connectivity index (χ4v) is 4.43. The third-order valence-electron chi connectivity index (χ3n) is 6.01. The van der Waals surface area contributed by atoms with E-state index in [2.05, 4.69) is 13.5 Å². The SMILES string of the molecule is C=CC(=O)c1ccc(C(=O)OC23CCC(CCC)(CC2)CC3)cc1. The van der Waals surface area contributed by atoms with Gasteiger partial charge < -0.3 is 4.74 Å². The van der Waals surface area contributed by atoms with Crippen molar-refractivity contribution in [2.45, 2.75) is 63.9 Å². The molecule has 0 N–H and O–H groups in total. The summed E-state index contributed by atoms with van der Waals surface area (Å²) in [4.78, 5) is 24.1. The zero-order chi connectivity index (χ0) is 17.2. The molecule has 0 radical (unpaired) electrons. The lowest BCUT2D eigenvalue weighted by Crippen LogP contribution is -2.48. The highest BCUT2D eigenvalue weighted by Gasteiger charge is 2.50. The number of ether oxygens (including phenoxy) is 1. The van der Waals surface area contributed by atoms with Crippen molar-refractivity contribution < 1.29 is 14.3 Å².